The number of nitrogens with zero attached hydrogens (tertiary/aromatic N) is 1. The third kappa shape index (κ3) is 17.4. The van der Waals surface area contributed by atoms with Gasteiger partial charge in [0.1, 0.15) is 11.8 Å². The van der Waals surface area contributed by atoms with Gasteiger partial charge >= 0.3 is 11.9 Å². The average molecular weight is 554 g/mol. The molecule has 0 bridgehead atoms. The van der Waals surface area contributed by atoms with E-state index in [1.165, 1.54) is 64.2 Å². The van der Waals surface area contributed by atoms with Gasteiger partial charge in [0.2, 0.25) is 0 Å². The molecule has 3 unspecified atom stereocenters. The van der Waals surface area contributed by atoms with Crippen LogP contribution < -0.4 is 5.11 Å². The van der Waals surface area contributed by atoms with Crippen molar-refractivity contribution in [1.29, 1.82) is 0 Å². The summed E-state index contributed by atoms with van der Waals surface area (Å²) in [5.41, 5.74) is 0. The average Bonchev–Trinajstić information content (AvgIpc) is 2.90. The Kier molecular flexibility index (Phi) is 21.8. The Balaban J connectivity index is 5.04. The number of carboxylic acids is 3. The van der Waals surface area contributed by atoms with Crippen LogP contribution in [0.15, 0.2) is 12.2 Å². The Hall–Kier alpha value is -1.89. The summed E-state index contributed by atoms with van der Waals surface area (Å²) in [7, 11) is 0. The van der Waals surface area contributed by atoms with Crippen molar-refractivity contribution in [3.8, 4) is 0 Å². The number of carbonyl (C=O) groups is 3. The monoisotopic (exact) mass is 553 g/mol. The normalized spacial score (nSPS) is 15.6. The number of allylic oxidation sites excluding steroid dienone is 1. The van der Waals surface area contributed by atoms with Crippen molar-refractivity contribution in [3.05, 3.63) is 12.2 Å². The highest BCUT2D eigenvalue weighted by molar-refractivity contribution is 5.70. The van der Waals surface area contributed by atoms with E-state index in [2.05, 4.69) is 19.1 Å². The number of rotatable bonds is 27. The molecule has 0 aliphatic carbocycles. The summed E-state index contributed by atoms with van der Waals surface area (Å²) in [5.74, 6) is -5.05. The van der Waals surface area contributed by atoms with E-state index in [0.29, 0.717) is 32.2 Å². The van der Waals surface area contributed by atoms with Gasteiger partial charge in [0.25, 0.3) is 0 Å². The highest BCUT2D eigenvalue weighted by Gasteiger charge is 2.38. The van der Waals surface area contributed by atoms with E-state index in [0.717, 1.165) is 12.8 Å². The number of aliphatic carboxylic acids is 3. The van der Waals surface area contributed by atoms with E-state index in [-0.39, 0.29) is 24.1 Å². The van der Waals surface area contributed by atoms with Crippen molar-refractivity contribution in [1.82, 2.24) is 0 Å². The Bertz CT molecular complexity index is 632. The lowest BCUT2D eigenvalue weighted by Crippen LogP contribution is -2.59. The van der Waals surface area contributed by atoms with Crippen LogP contribution >= 0.6 is 0 Å². The van der Waals surface area contributed by atoms with Crippen LogP contribution in [0.1, 0.15) is 130 Å². The summed E-state index contributed by atoms with van der Waals surface area (Å²) in [6.07, 6.45) is 21.5. The van der Waals surface area contributed by atoms with Gasteiger partial charge in [0.15, 0.2) is 0 Å². The minimum Gasteiger partial charge on any atom is -0.550 e. The van der Waals surface area contributed by atoms with Crippen LogP contribution in [0.2, 0.25) is 0 Å². The van der Waals surface area contributed by atoms with Gasteiger partial charge in [0, 0.05) is 12.3 Å². The smallest absolute Gasteiger partial charge is 0.312 e. The predicted octanol–water partition coefficient (Wildman–Crippen LogP) is 6.45. The predicted molar refractivity (Wildman–Crippen MR) is 156 cm³/mol. The van der Waals surface area contributed by atoms with Crippen molar-refractivity contribution >= 4 is 17.9 Å². The second kappa shape index (κ2) is 22.9. The molecule has 0 spiro atoms. The zero-order valence-corrected chi connectivity index (χ0v) is 25.5. The first-order chi connectivity index (χ1) is 18.7. The number of unbranched alkanes of at least 4 members (excludes halogenated alkanes) is 11. The van der Waals surface area contributed by atoms with Crippen LogP contribution in [0.25, 0.3) is 0 Å². The topological polar surface area (TPSA) is 115 Å². The summed E-state index contributed by atoms with van der Waals surface area (Å²) in [6, 6.07) is 0. The van der Waals surface area contributed by atoms with E-state index >= 15 is 0 Å². The van der Waals surface area contributed by atoms with Crippen LogP contribution in [0, 0.1) is 17.8 Å². The summed E-state index contributed by atoms with van der Waals surface area (Å²) in [6.45, 7) is 8.82. The van der Waals surface area contributed by atoms with E-state index in [1.807, 2.05) is 13.8 Å². The fourth-order valence-electron chi connectivity index (χ4n) is 5.54. The van der Waals surface area contributed by atoms with Gasteiger partial charge < -0.3 is 24.6 Å². The molecule has 0 saturated carbocycles. The summed E-state index contributed by atoms with van der Waals surface area (Å²) < 4.78 is 0.172. The third-order valence-corrected chi connectivity index (χ3v) is 8.24. The maximum absolute atomic E-state index is 11.9. The largest absolute Gasteiger partial charge is 0.550 e. The summed E-state index contributed by atoms with van der Waals surface area (Å²) in [4.78, 5) is 35.7. The van der Waals surface area contributed by atoms with Crippen LogP contribution in [0.5, 0.6) is 0 Å². The first kappa shape index (κ1) is 37.1. The van der Waals surface area contributed by atoms with Gasteiger partial charge in [-0.15, -0.1) is 0 Å². The van der Waals surface area contributed by atoms with Gasteiger partial charge in [-0.1, -0.05) is 104 Å². The molecule has 0 heterocycles. The quantitative estimate of drug-likeness (QED) is 0.0686. The second-order valence-corrected chi connectivity index (χ2v) is 11.5. The SMILES string of the molecule is CCCCCCCCCCCCC/C=C/CC[N+](CC(CC)C(=O)[O-])(CC(CC)C(=O)O)CC(CC)C(=O)O. The molecule has 7 nitrogen and oxygen atoms in total. The maximum atomic E-state index is 11.9. The molecule has 0 saturated heterocycles. The first-order valence-electron chi connectivity index (χ1n) is 15.8. The highest BCUT2D eigenvalue weighted by Crippen LogP contribution is 2.24. The standard InChI is InChI=1S/C32H59NO6/c1-5-9-10-11-12-13-14-15-16-17-18-19-20-21-22-23-33(24-27(6-2)30(34)35,25-28(7-3)31(36)37)26-29(8-4)32(38)39/h20-21,27-29H,5-19,22-26H2,1-4H3,(H2-,34,35,36,37,38,39)/b21-20+. The van der Waals surface area contributed by atoms with E-state index in [9.17, 15) is 29.7 Å². The van der Waals surface area contributed by atoms with Crippen molar-refractivity contribution < 1.29 is 34.2 Å². The molecule has 0 aliphatic heterocycles. The molecule has 0 aromatic rings. The van der Waals surface area contributed by atoms with Crippen LogP contribution in [0.4, 0.5) is 0 Å². The molecule has 0 radical (unpaired) electrons. The first-order valence-corrected chi connectivity index (χ1v) is 15.8. The third-order valence-electron chi connectivity index (χ3n) is 8.24. The summed E-state index contributed by atoms with van der Waals surface area (Å²) in [5, 5.41) is 31.4. The minimum absolute atomic E-state index is 0.172. The van der Waals surface area contributed by atoms with E-state index in [4.69, 9.17) is 0 Å². The van der Waals surface area contributed by atoms with E-state index < -0.39 is 35.7 Å². The van der Waals surface area contributed by atoms with Gasteiger partial charge in [-0.2, -0.15) is 0 Å². The Morgan fingerprint density at radius 2 is 1.00 bits per heavy atom. The van der Waals surface area contributed by atoms with Gasteiger partial charge in [-0.25, -0.2) is 0 Å². The number of hydrogen-bond donors (Lipinski definition) is 2. The lowest BCUT2D eigenvalue weighted by molar-refractivity contribution is -0.934. The molecule has 2 N–H and O–H groups in total. The number of carboxylic acid groups (broad SMARTS) is 3. The molecular weight excluding hydrogens is 494 g/mol. The molecule has 228 valence electrons. The molecule has 0 aromatic heterocycles. The molecular formula is C32H59NO6. The number of hydrogen-bond acceptors (Lipinski definition) is 4. The lowest BCUT2D eigenvalue weighted by atomic mass is 9.96. The lowest BCUT2D eigenvalue weighted by Gasteiger charge is -2.44. The molecule has 0 amide bonds. The van der Waals surface area contributed by atoms with Crippen molar-refractivity contribution in [3.63, 3.8) is 0 Å². The molecule has 0 aromatic carbocycles. The zero-order valence-electron chi connectivity index (χ0n) is 25.5. The molecule has 0 rings (SSSR count). The Morgan fingerprint density at radius 3 is 1.38 bits per heavy atom. The maximum Gasteiger partial charge on any atom is 0.312 e. The minimum atomic E-state index is -1.15. The fraction of sp³-hybridized carbons (Fsp3) is 0.844. The van der Waals surface area contributed by atoms with E-state index in [1.54, 1.807) is 6.92 Å². The van der Waals surface area contributed by atoms with Crippen LogP contribution in [-0.2, 0) is 14.4 Å². The van der Waals surface area contributed by atoms with Gasteiger partial charge in [0.05, 0.1) is 32.1 Å². The highest BCUT2D eigenvalue weighted by atomic mass is 16.4. The number of quaternary nitrogens is 1. The molecule has 7 heteroatoms. The Morgan fingerprint density at radius 1 is 0.615 bits per heavy atom. The van der Waals surface area contributed by atoms with Crippen molar-refractivity contribution in [2.24, 2.45) is 17.8 Å². The fourth-order valence-corrected chi connectivity index (χ4v) is 5.54. The van der Waals surface area contributed by atoms with Crippen LogP contribution in [0.3, 0.4) is 0 Å². The molecule has 3 atom stereocenters. The molecule has 39 heavy (non-hydrogen) atoms. The molecule has 0 aliphatic rings. The molecule has 0 fully saturated rings. The van der Waals surface area contributed by atoms with Crippen molar-refractivity contribution in [2.75, 3.05) is 26.2 Å². The summed E-state index contributed by atoms with van der Waals surface area (Å²) >= 11 is 0. The van der Waals surface area contributed by atoms with Crippen LogP contribution in [-0.4, -0.2) is 58.8 Å². The zero-order chi connectivity index (χ0) is 29.5. The van der Waals surface area contributed by atoms with Gasteiger partial charge in [-0.05, 0) is 32.1 Å². The van der Waals surface area contributed by atoms with Gasteiger partial charge in [-0.3, -0.25) is 9.59 Å². The van der Waals surface area contributed by atoms with Crippen molar-refractivity contribution in [2.45, 2.75) is 130 Å². The number of carbonyl (C=O) groups excluding carboxylic acids is 1. The second-order valence-electron chi connectivity index (χ2n) is 11.5. The Labute approximate surface area is 238 Å².